The van der Waals surface area contributed by atoms with Gasteiger partial charge in [-0.15, -0.1) is 0 Å². The molecule has 0 aromatic heterocycles. The average Bonchev–Trinajstić information content (AvgIpc) is 0. The second kappa shape index (κ2) is 17.3. The summed E-state index contributed by atoms with van der Waals surface area (Å²) in [4.78, 5) is 0. The van der Waals surface area contributed by atoms with Crippen LogP contribution in [0.25, 0.3) is 0 Å². The molecule has 0 fully saturated rings. The van der Waals surface area contributed by atoms with Gasteiger partial charge in [0.05, 0.1) is 0 Å². The van der Waals surface area contributed by atoms with Crippen LogP contribution in [0.2, 0.25) is 0 Å². The molecule has 0 saturated heterocycles. The SMILES string of the molecule is [Bi].[Co].[Li].[Ti]. The van der Waals surface area contributed by atoms with Gasteiger partial charge in [0, 0.05) is 83.6 Å². The van der Waals surface area contributed by atoms with Crippen molar-refractivity contribution in [2.24, 2.45) is 0 Å². The molecule has 0 N–H and O–H groups in total. The first-order valence-corrected chi connectivity index (χ1v) is 0. The van der Waals surface area contributed by atoms with Crippen LogP contribution in [0.3, 0.4) is 0 Å². The third-order valence-corrected chi connectivity index (χ3v) is 0. The molecule has 0 aliphatic heterocycles. The molecule has 0 aromatic carbocycles. The molecule has 0 aliphatic carbocycles. The Morgan fingerprint density at radius 3 is 1.00 bits per heavy atom. The molecular formula is BiCoLiTi. The standard InChI is InChI=1S/Bi.Co.Li.Ti. The second-order valence-electron chi connectivity index (χ2n) is 0. The monoisotopic (exact) mass is 323 g/mol. The molecule has 0 nitrogen and oxygen atoms in total. The largest absolute Gasteiger partial charge is 0 e. The molecule has 0 rings (SSSR count). The molecule has 4 heteroatoms. The van der Waals surface area contributed by atoms with Gasteiger partial charge in [0.2, 0.25) is 0 Å². The first kappa shape index (κ1) is 29.9. The van der Waals surface area contributed by atoms with Gasteiger partial charge in [0.1, 0.15) is 0 Å². The molecule has 0 spiro atoms. The smallest absolute Gasteiger partial charge is 0 e. The molecule has 19 valence electrons. The minimum absolute atomic E-state index is 0. The molecule has 0 amide bonds. The molecule has 0 bridgehead atoms. The Morgan fingerprint density at radius 1 is 1.00 bits per heavy atom. The van der Waals surface area contributed by atoms with Crippen LogP contribution < -0.4 is 0 Å². The fraction of sp³-hybridized carbons (Fsp3) is 0. The molecule has 5 radical (unpaired) electrons. The Morgan fingerprint density at radius 2 is 1.00 bits per heavy atom. The van der Waals surface area contributed by atoms with Crippen molar-refractivity contribution in [2.45, 2.75) is 0 Å². The summed E-state index contributed by atoms with van der Waals surface area (Å²) in [6.07, 6.45) is 0. The van der Waals surface area contributed by atoms with Crippen molar-refractivity contribution >= 4 is 45.1 Å². The van der Waals surface area contributed by atoms with Gasteiger partial charge in [-0.2, -0.15) is 0 Å². The predicted molar refractivity (Wildman–Crippen MR) is 11.5 cm³/mol. The summed E-state index contributed by atoms with van der Waals surface area (Å²) >= 11 is 0. The fourth-order valence-corrected chi connectivity index (χ4v) is 0. The van der Waals surface area contributed by atoms with Gasteiger partial charge in [-0.05, 0) is 0 Å². The van der Waals surface area contributed by atoms with Crippen LogP contribution in [0, 0.1) is 0 Å². The van der Waals surface area contributed by atoms with Gasteiger partial charge in [0.25, 0.3) is 0 Å². The van der Waals surface area contributed by atoms with Crippen molar-refractivity contribution in [1.82, 2.24) is 0 Å². The fourth-order valence-electron chi connectivity index (χ4n) is 0. The van der Waals surface area contributed by atoms with E-state index in [1.165, 1.54) is 0 Å². The Labute approximate surface area is 82.2 Å². The first-order chi connectivity index (χ1) is 0. The van der Waals surface area contributed by atoms with Crippen molar-refractivity contribution in [3.05, 3.63) is 0 Å². The first-order valence-electron chi connectivity index (χ1n) is 0. The van der Waals surface area contributed by atoms with E-state index in [1.807, 2.05) is 0 Å². The summed E-state index contributed by atoms with van der Waals surface area (Å²) < 4.78 is 0. The molecule has 0 aromatic rings. The van der Waals surface area contributed by atoms with Crippen LogP contribution >= 0.6 is 0 Å². The van der Waals surface area contributed by atoms with Gasteiger partial charge < -0.3 is 0 Å². The van der Waals surface area contributed by atoms with Gasteiger partial charge in [-0.1, -0.05) is 0 Å². The molecular weight excluding hydrogens is 323 g/mol. The molecule has 4 heavy (non-hydrogen) atoms. The third-order valence-electron chi connectivity index (χ3n) is 0. The van der Waals surface area contributed by atoms with E-state index >= 15 is 0 Å². The second-order valence-corrected chi connectivity index (χ2v) is 0. The van der Waals surface area contributed by atoms with E-state index in [0.29, 0.717) is 0 Å². The average molecular weight is 323 g/mol. The van der Waals surface area contributed by atoms with Crippen LogP contribution in [0.4, 0.5) is 0 Å². The number of hydrogen-bond donors (Lipinski definition) is 0. The molecule has 0 heterocycles. The van der Waals surface area contributed by atoms with E-state index in [4.69, 9.17) is 0 Å². The zero-order valence-corrected chi connectivity index (χ0v) is 8.36. The summed E-state index contributed by atoms with van der Waals surface area (Å²) in [6.45, 7) is 0. The van der Waals surface area contributed by atoms with E-state index < -0.39 is 0 Å². The van der Waals surface area contributed by atoms with E-state index in [9.17, 15) is 0 Å². The zero-order chi connectivity index (χ0) is 0. The summed E-state index contributed by atoms with van der Waals surface area (Å²) in [7, 11) is 0. The summed E-state index contributed by atoms with van der Waals surface area (Å²) in [5.41, 5.74) is 0. The summed E-state index contributed by atoms with van der Waals surface area (Å²) in [6, 6.07) is 0. The Bertz CT molecular complexity index is 8.00. The third kappa shape index (κ3) is 8.83. The Kier molecular flexibility index (Phi) is 129. The van der Waals surface area contributed by atoms with Crippen molar-refractivity contribution in [1.29, 1.82) is 0 Å². The molecule has 0 unspecified atom stereocenters. The van der Waals surface area contributed by atoms with Gasteiger partial charge in [-0.25, -0.2) is 0 Å². The van der Waals surface area contributed by atoms with Gasteiger partial charge >= 0.3 is 0 Å². The van der Waals surface area contributed by atoms with Crippen LogP contribution in [0.1, 0.15) is 0 Å². The maximum absolute atomic E-state index is 0. The van der Waals surface area contributed by atoms with Gasteiger partial charge in [-0.3, -0.25) is 0 Å². The quantitative estimate of drug-likeness (QED) is 0.514. The van der Waals surface area contributed by atoms with E-state index in [0.717, 1.165) is 0 Å². The minimum Gasteiger partial charge on any atom is 0 e. The van der Waals surface area contributed by atoms with E-state index in [-0.39, 0.29) is 83.6 Å². The minimum atomic E-state index is 0. The van der Waals surface area contributed by atoms with E-state index in [2.05, 4.69) is 0 Å². The molecule has 0 atom stereocenters. The van der Waals surface area contributed by atoms with Crippen LogP contribution in [0.5, 0.6) is 0 Å². The maximum Gasteiger partial charge on any atom is 0 e. The predicted octanol–water partition coefficient (Wildman–Crippen LogP) is -0.767. The normalized spacial score (nSPS) is 0. The summed E-state index contributed by atoms with van der Waals surface area (Å²) in [5.74, 6) is 0. The number of hydrogen-bond acceptors (Lipinski definition) is 0. The van der Waals surface area contributed by atoms with Crippen molar-refractivity contribution < 1.29 is 38.5 Å². The topological polar surface area (TPSA) is 0 Å². The van der Waals surface area contributed by atoms with Gasteiger partial charge in [0.15, 0.2) is 0 Å². The Hall–Kier alpha value is 2.70. The van der Waals surface area contributed by atoms with Crippen molar-refractivity contribution in [2.75, 3.05) is 0 Å². The van der Waals surface area contributed by atoms with Crippen molar-refractivity contribution in [3.8, 4) is 0 Å². The summed E-state index contributed by atoms with van der Waals surface area (Å²) in [5, 5.41) is 0. The van der Waals surface area contributed by atoms with Crippen LogP contribution in [-0.2, 0) is 38.5 Å². The molecule has 0 saturated carbocycles. The number of rotatable bonds is 0. The van der Waals surface area contributed by atoms with Crippen LogP contribution in [-0.4, -0.2) is 45.1 Å². The van der Waals surface area contributed by atoms with Crippen LogP contribution in [0.15, 0.2) is 0 Å². The maximum atomic E-state index is 0. The molecule has 0 aliphatic rings. The van der Waals surface area contributed by atoms with E-state index in [1.54, 1.807) is 0 Å². The zero-order valence-electron chi connectivity index (χ0n) is 2.28. The van der Waals surface area contributed by atoms with Crippen molar-refractivity contribution in [3.63, 3.8) is 0 Å². The Balaban J connectivity index is 0.